The van der Waals surface area contributed by atoms with Crippen molar-refractivity contribution in [3.05, 3.63) is 69.3 Å². The average molecular weight is 412 g/mol. The SMILES string of the molecule is Cc1cc(C(=O)NCc2nc3ccccc3s2)c2ccc(Br)cc2n1. The quantitative estimate of drug-likeness (QED) is 0.524. The molecule has 4 aromatic rings. The fourth-order valence-corrected chi connectivity index (χ4v) is 4.02. The van der Waals surface area contributed by atoms with Crippen LogP contribution in [0.5, 0.6) is 0 Å². The Morgan fingerprint density at radius 2 is 1.96 bits per heavy atom. The summed E-state index contributed by atoms with van der Waals surface area (Å²) in [5.74, 6) is -0.114. The monoisotopic (exact) mass is 411 g/mol. The van der Waals surface area contributed by atoms with Crippen LogP contribution in [0.2, 0.25) is 0 Å². The number of amides is 1. The van der Waals surface area contributed by atoms with E-state index >= 15 is 0 Å². The smallest absolute Gasteiger partial charge is 0.252 e. The summed E-state index contributed by atoms with van der Waals surface area (Å²) < 4.78 is 2.07. The Morgan fingerprint density at radius 1 is 1.12 bits per heavy atom. The number of nitrogens with zero attached hydrogens (tertiary/aromatic N) is 2. The number of aryl methyl sites for hydroxylation is 1. The number of halogens is 1. The largest absolute Gasteiger partial charge is 0.346 e. The van der Waals surface area contributed by atoms with E-state index in [9.17, 15) is 4.79 Å². The topological polar surface area (TPSA) is 54.9 Å². The minimum Gasteiger partial charge on any atom is -0.346 e. The highest BCUT2D eigenvalue weighted by atomic mass is 79.9. The van der Waals surface area contributed by atoms with Crippen LogP contribution in [0, 0.1) is 6.92 Å². The number of nitrogens with one attached hydrogen (secondary N) is 1. The molecule has 0 saturated carbocycles. The first-order valence-corrected chi connectivity index (χ1v) is 9.41. The number of thiazole rings is 1. The van der Waals surface area contributed by atoms with Gasteiger partial charge in [0.2, 0.25) is 0 Å². The molecule has 4 rings (SSSR count). The van der Waals surface area contributed by atoms with Crippen LogP contribution < -0.4 is 5.32 Å². The highest BCUT2D eigenvalue weighted by molar-refractivity contribution is 9.10. The zero-order valence-electron chi connectivity index (χ0n) is 13.4. The predicted octanol–water partition coefficient (Wildman–Crippen LogP) is 4.85. The summed E-state index contributed by atoms with van der Waals surface area (Å²) in [4.78, 5) is 21.8. The van der Waals surface area contributed by atoms with E-state index in [-0.39, 0.29) is 5.91 Å². The van der Waals surface area contributed by atoms with Gasteiger partial charge in [0, 0.05) is 15.6 Å². The summed E-state index contributed by atoms with van der Waals surface area (Å²) in [5, 5.41) is 4.72. The zero-order chi connectivity index (χ0) is 17.4. The molecule has 6 heteroatoms. The first-order chi connectivity index (χ1) is 12.1. The van der Waals surface area contributed by atoms with Crippen molar-refractivity contribution in [2.45, 2.75) is 13.5 Å². The highest BCUT2D eigenvalue weighted by Crippen LogP contribution is 2.24. The van der Waals surface area contributed by atoms with Crippen molar-refractivity contribution >= 4 is 54.3 Å². The standard InChI is InChI=1S/C19H14BrN3OS/c1-11-8-14(13-7-6-12(20)9-16(13)22-11)19(24)21-10-18-23-15-4-2-3-5-17(15)25-18/h2-9H,10H2,1H3,(H,21,24). The van der Waals surface area contributed by atoms with E-state index < -0.39 is 0 Å². The van der Waals surface area contributed by atoms with Gasteiger partial charge in [-0.3, -0.25) is 9.78 Å². The molecule has 4 nitrogen and oxygen atoms in total. The molecular formula is C19H14BrN3OS. The minimum absolute atomic E-state index is 0.114. The van der Waals surface area contributed by atoms with Gasteiger partial charge < -0.3 is 5.32 Å². The number of fused-ring (bicyclic) bond motifs is 2. The van der Waals surface area contributed by atoms with Gasteiger partial charge in [-0.2, -0.15) is 0 Å². The lowest BCUT2D eigenvalue weighted by atomic mass is 10.1. The van der Waals surface area contributed by atoms with Gasteiger partial charge in [0.25, 0.3) is 5.91 Å². The Hall–Kier alpha value is -2.31. The molecule has 0 atom stereocenters. The molecule has 1 N–H and O–H groups in total. The van der Waals surface area contributed by atoms with Crippen molar-refractivity contribution in [1.29, 1.82) is 0 Å². The van der Waals surface area contributed by atoms with Crippen molar-refractivity contribution in [3.8, 4) is 0 Å². The van der Waals surface area contributed by atoms with E-state index in [1.165, 1.54) is 0 Å². The number of carbonyl (C=O) groups excluding carboxylic acids is 1. The maximum absolute atomic E-state index is 12.7. The lowest BCUT2D eigenvalue weighted by Crippen LogP contribution is -2.23. The van der Waals surface area contributed by atoms with Crippen LogP contribution >= 0.6 is 27.3 Å². The third-order valence-corrected chi connectivity index (χ3v) is 5.41. The molecule has 0 spiro atoms. The lowest BCUT2D eigenvalue weighted by molar-refractivity contribution is 0.0952. The van der Waals surface area contributed by atoms with Crippen LogP contribution in [0.4, 0.5) is 0 Å². The molecule has 0 unspecified atom stereocenters. The van der Waals surface area contributed by atoms with Gasteiger partial charge in [-0.05, 0) is 37.3 Å². The second-order valence-corrected chi connectivity index (χ2v) is 7.76. The van der Waals surface area contributed by atoms with Gasteiger partial charge in [-0.15, -0.1) is 11.3 Å². The second-order valence-electron chi connectivity index (χ2n) is 5.73. The number of hydrogen-bond donors (Lipinski definition) is 1. The van der Waals surface area contributed by atoms with Crippen LogP contribution in [-0.4, -0.2) is 15.9 Å². The van der Waals surface area contributed by atoms with E-state index in [0.29, 0.717) is 12.1 Å². The van der Waals surface area contributed by atoms with Crippen LogP contribution in [-0.2, 0) is 6.54 Å². The van der Waals surface area contributed by atoms with Crippen molar-refractivity contribution in [3.63, 3.8) is 0 Å². The molecule has 1 amide bonds. The van der Waals surface area contributed by atoms with Crippen LogP contribution in [0.25, 0.3) is 21.1 Å². The van der Waals surface area contributed by atoms with Crippen molar-refractivity contribution in [2.24, 2.45) is 0 Å². The molecule has 25 heavy (non-hydrogen) atoms. The number of benzene rings is 2. The summed E-state index contributed by atoms with van der Waals surface area (Å²) in [6.45, 7) is 2.31. The van der Waals surface area contributed by atoms with Crippen LogP contribution in [0.1, 0.15) is 21.1 Å². The zero-order valence-corrected chi connectivity index (χ0v) is 15.8. The predicted molar refractivity (Wildman–Crippen MR) is 105 cm³/mol. The summed E-state index contributed by atoms with van der Waals surface area (Å²) in [6.07, 6.45) is 0. The molecule has 0 aliphatic carbocycles. The van der Waals surface area contributed by atoms with Gasteiger partial charge >= 0.3 is 0 Å². The molecule has 0 saturated heterocycles. The van der Waals surface area contributed by atoms with Crippen molar-refractivity contribution in [1.82, 2.24) is 15.3 Å². The van der Waals surface area contributed by atoms with E-state index in [4.69, 9.17) is 0 Å². The maximum atomic E-state index is 12.7. The van der Waals surface area contributed by atoms with Gasteiger partial charge in [-0.1, -0.05) is 34.1 Å². The molecule has 0 fully saturated rings. The van der Waals surface area contributed by atoms with Gasteiger partial charge in [0.05, 0.1) is 27.8 Å². The third-order valence-electron chi connectivity index (χ3n) is 3.88. The van der Waals surface area contributed by atoms with E-state index in [2.05, 4.69) is 31.2 Å². The minimum atomic E-state index is -0.114. The second kappa shape index (κ2) is 6.54. The molecule has 2 heterocycles. The van der Waals surface area contributed by atoms with E-state index in [1.54, 1.807) is 11.3 Å². The molecule has 0 radical (unpaired) electrons. The number of hydrogen-bond acceptors (Lipinski definition) is 4. The van der Waals surface area contributed by atoms with Crippen molar-refractivity contribution in [2.75, 3.05) is 0 Å². The Morgan fingerprint density at radius 3 is 2.80 bits per heavy atom. The number of aromatic nitrogens is 2. The average Bonchev–Trinajstić information content (AvgIpc) is 3.01. The normalized spacial score (nSPS) is 11.1. The first-order valence-electron chi connectivity index (χ1n) is 7.80. The summed E-state index contributed by atoms with van der Waals surface area (Å²) in [5.41, 5.74) is 3.22. The third kappa shape index (κ3) is 3.27. The number of para-hydroxylation sites is 1. The number of carbonyl (C=O) groups is 1. The van der Waals surface area contributed by atoms with E-state index in [1.807, 2.05) is 55.5 Å². The fourth-order valence-electron chi connectivity index (χ4n) is 2.77. The number of pyridine rings is 1. The van der Waals surface area contributed by atoms with Crippen molar-refractivity contribution < 1.29 is 4.79 Å². The molecular weight excluding hydrogens is 398 g/mol. The van der Waals surface area contributed by atoms with Gasteiger partial charge in [0.15, 0.2) is 0 Å². The lowest BCUT2D eigenvalue weighted by Gasteiger charge is -2.08. The summed E-state index contributed by atoms with van der Waals surface area (Å²) in [6, 6.07) is 15.6. The maximum Gasteiger partial charge on any atom is 0.252 e. The van der Waals surface area contributed by atoms with Gasteiger partial charge in [0.1, 0.15) is 5.01 Å². The Kier molecular flexibility index (Phi) is 4.23. The van der Waals surface area contributed by atoms with Gasteiger partial charge in [-0.25, -0.2) is 4.98 Å². The van der Waals surface area contributed by atoms with Crippen LogP contribution in [0.3, 0.4) is 0 Å². The number of rotatable bonds is 3. The molecule has 0 aliphatic heterocycles. The molecule has 124 valence electrons. The summed E-state index contributed by atoms with van der Waals surface area (Å²) in [7, 11) is 0. The summed E-state index contributed by atoms with van der Waals surface area (Å²) >= 11 is 5.05. The molecule has 0 bridgehead atoms. The Bertz CT molecular complexity index is 1070. The fraction of sp³-hybridized carbons (Fsp3) is 0.105. The molecule has 2 aromatic heterocycles. The Labute approximate surface area is 157 Å². The first kappa shape index (κ1) is 16.2. The highest BCUT2D eigenvalue weighted by Gasteiger charge is 2.13. The van der Waals surface area contributed by atoms with Crippen LogP contribution in [0.15, 0.2) is 53.0 Å². The molecule has 2 aromatic carbocycles. The Balaban J connectivity index is 1.61. The van der Waals surface area contributed by atoms with E-state index in [0.717, 1.165) is 36.3 Å². The molecule has 0 aliphatic rings.